The second-order valence-electron chi connectivity index (χ2n) is 5.43. The summed E-state index contributed by atoms with van der Waals surface area (Å²) in [6, 6.07) is 8.67. The second-order valence-corrected chi connectivity index (χ2v) is 5.43. The zero-order chi connectivity index (χ0) is 16.8. The van der Waals surface area contributed by atoms with Gasteiger partial charge in [-0.3, -0.25) is 9.59 Å². The van der Waals surface area contributed by atoms with Crippen LogP contribution in [0.15, 0.2) is 34.9 Å². The highest BCUT2D eigenvalue weighted by molar-refractivity contribution is 5.96. The molecule has 23 heavy (non-hydrogen) atoms. The Balaban J connectivity index is 1.90. The molecule has 1 heterocycles. The summed E-state index contributed by atoms with van der Waals surface area (Å²) in [5, 5.41) is 12.1. The lowest BCUT2D eigenvalue weighted by molar-refractivity contribution is -0.114. The number of aryl methyl sites for hydroxylation is 1. The molecule has 2 amide bonds. The van der Waals surface area contributed by atoms with Crippen molar-refractivity contribution in [2.45, 2.75) is 26.8 Å². The van der Waals surface area contributed by atoms with E-state index in [2.05, 4.69) is 21.1 Å². The summed E-state index contributed by atoms with van der Waals surface area (Å²) in [6.07, 6.45) is 0. The highest BCUT2D eigenvalue weighted by Gasteiger charge is 2.09. The zero-order valence-corrected chi connectivity index (χ0v) is 13.3. The van der Waals surface area contributed by atoms with Crippen molar-refractivity contribution in [1.29, 1.82) is 0 Å². The number of anilines is 2. The topological polar surface area (TPSA) is 96.3 Å². The van der Waals surface area contributed by atoms with Gasteiger partial charge in [-0.25, -0.2) is 0 Å². The molecule has 0 saturated heterocycles. The van der Waals surface area contributed by atoms with E-state index in [9.17, 15) is 9.59 Å². The minimum atomic E-state index is -0.254. The summed E-state index contributed by atoms with van der Waals surface area (Å²) in [6.45, 7) is 5.60. The number of nitrogens with zero attached hydrogens (tertiary/aromatic N) is 1. The summed E-state index contributed by atoms with van der Waals surface area (Å²) < 4.78 is 4.87. The molecule has 0 aliphatic heterocycles. The van der Waals surface area contributed by atoms with Crippen LogP contribution in [0, 0.1) is 6.92 Å². The Morgan fingerprint density at radius 1 is 1.26 bits per heavy atom. The van der Waals surface area contributed by atoms with Gasteiger partial charge >= 0.3 is 0 Å². The normalized spacial score (nSPS) is 10.4. The largest absolute Gasteiger partial charge is 0.376 e. The molecule has 7 heteroatoms. The molecular weight excluding hydrogens is 296 g/mol. The van der Waals surface area contributed by atoms with E-state index in [1.54, 1.807) is 37.3 Å². The lowest BCUT2D eigenvalue weighted by Gasteiger charge is -2.10. The Morgan fingerprint density at radius 2 is 2.04 bits per heavy atom. The first-order valence-electron chi connectivity index (χ1n) is 7.32. The minimum Gasteiger partial charge on any atom is -0.376 e. The van der Waals surface area contributed by atoms with Crippen molar-refractivity contribution in [2.75, 3.05) is 17.2 Å². The number of hydrogen-bond acceptors (Lipinski definition) is 5. The summed E-state index contributed by atoms with van der Waals surface area (Å²) in [4.78, 5) is 23.8. The molecule has 0 bridgehead atoms. The lowest BCUT2D eigenvalue weighted by Crippen LogP contribution is -2.30. The van der Waals surface area contributed by atoms with Gasteiger partial charge < -0.3 is 20.5 Å². The van der Waals surface area contributed by atoms with Gasteiger partial charge in [0.05, 0.1) is 6.54 Å². The van der Waals surface area contributed by atoms with E-state index >= 15 is 0 Å². The van der Waals surface area contributed by atoms with Crippen LogP contribution < -0.4 is 16.0 Å². The molecule has 2 rings (SSSR count). The first-order chi connectivity index (χ1) is 10.9. The molecule has 0 atom stereocenters. The van der Waals surface area contributed by atoms with Crippen molar-refractivity contribution >= 4 is 23.3 Å². The molecule has 1 aromatic carbocycles. The maximum atomic E-state index is 12.0. The average Bonchev–Trinajstić information content (AvgIpc) is 2.90. The molecule has 122 valence electrons. The fourth-order valence-electron chi connectivity index (χ4n) is 1.91. The van der Waals surface area contributed by atoms with Crippen molar-refractivity contribution in [1.82, 2.24) is 10.5 Å². The zero-order valence-electron chi connectivity index (χ0n) is 13.3. The summed E-state index contributed by atoms with van der Waals surface area (Å²) in [5.74, 6) is 0.595. The number of rotatable bonds is 6. The molecule has 3 N–H and O–H groups in total. The van der Waals surface area contributed by atoms with Crippen molar-refractivity contribution < 1.29 is 14.1 Å². The number of hydrogen-bond donors (Lipinski definition) is 3. The number of nitrogens with one attached hydrogen (secondary N) is 3. The van der Waals surface area contributed by atoms with Crippen LogP contribution in [-0.4, -0.2) is 29.6 Å². The Labute approximate surface area is 134 Å². The fourth-order valence-corrected chi connectivity index (χ4v) is 1.91. The standard InChI is InChI=1S/C16H20N4O3/c1-10(2)18-16(22)12-5-4-6-13(8-12)17-9-15(21)19-14-7-11(3)23-20-14/h4-8,10,17H,9H2,1-3H3,(H,18,22)(H,19,20,21). The third-order valence-corrected chi connectivity index (χ3v) is 2.89. The van der Waals surface area contributed by atoms with Crippen LogP contribution in [0.2, 0.25) is 0 Å². The van der Waals surface area contributed by atoms with Crippen LogP contribution in [-0.2, 0) is 4.79 Å². The number of benzene rings is 1. The smallest absolute Gasteiger partial charge is 0.251 e. The van der Waals surface area contributed by atoms with Crippen molar-refractivity contribution in [3.8, 4) is 0 Å². The van der Waals surface area contributed by atoms with Gasteiger partial charge in [0.25, 0.3) is 5.91 Å². The van der Waals surface area contributed by atoms with Gasteiger partial charge in [0.2, 0.25) is 5.91 Å². The molecule has 0 spiro atoms. The number of amides is 2. The molecule has 2 aromatic rings. The van der Waals surface area contributed by atoms with E-state index in [0.717, 1.165) is 0 Å². The minimum absolute atomic E-state index is 0.0567. The van der Waals surface area contributed by atoms with Crippen molar-refractivity contribution in [3.63, 3.8) is 0 Å². The fraction of sp³-hybridized carbons (Fsp3) is 0.312. The summed E-state index contributed by atoms with van der Waals surface area (Å²) in [5.41, 5.74) is 1.23. The van der Waals surface area contributed by atoms with E-state index in [0.29, 0.717) is 22.8 Å². The van der Waals surface area contributed by atoms with Gasteiger partial charge in [0, 0.05) is 23.4 Å². The maximum Gasteiger partial charge on any atom is 0.251 e. The molecule has 0 fully saturated rings. The molecule has 1 aromatic heterocycles. The van der Waals surface area contributed by atoms with E-state index in [-0.39, 0.29) is 24.4 Å². The van der Waals surface area contributed by atoms with Crippen LogP contribution >= 0.6 is 0 Å². The van der Waals surface area contributed by atoms with E-state index in [1.165, 1.54) is 0 Å². The van der Waals surface area contributed by atoms with Gasteiger partial charge in [-0.2, -0.15) is 0 Å². The van der Waals surface area contributed by atoms with Crippen LogP contribution in [0.25, 0.3) is 0 Å². The van der Waals surface area contributed by atoms with Crippen LogP contribution in [0.1, 0.15) is 30.0 Å². The molecule has 7 nitrogen and oxygen atoms in total. The highest BCUT2D eigenvalue weighted by Crippen LogP contribution is 2.11. The van der Waals surface area contributed by atoms with E-state index in [4.69, 9.17) is 4.52 Å². The summed E-state index contributed by atoms with van der Waals surface area (Å²) in [7, 11) is 0. The third-order valence-electron chi connectivity index (χ3n) is 2.89. The first kappa shape index (κ1) is 16.5. The Morgan fingerprint density at radius 3 is 2.70 bits per heavy atom. The second kappa shape index (κ2) is 7.44. The van der Waals surface area contributed by atoms with Gasteiger partial charge in [0.1, 0.15) is 5.76 Å². The van der Waals surface area contributed by atoms with Crippen LogP contribution in [0.5, 0.6) is 0 Å². The monoisotopic (exact) mass is 316 g/mol. The van der Waals surface area contributed by atoms with E-state index in [1.807, 2.05) is 13.8 Å². The number of carbonyl (C=O) groups is 2. The lowest BCUT2D eigenvalue weighted by atomic mass is 10.2. The molecular formula is C16H20N4O3. The Bertz CT molecular complexity index is 694. The summed E-state index contributed by atoms with van der Waals surface area (Å²) >= 11 is 0. The average molecular weight is 316 g/mol. The van der Waals surface area contributed by atoms with Gasteiger partial charge in [-0.1, -0.05) is 11.2 Å². The van der Waals surface area contributed by atoms with Gasteiger partial charge in [-0.05, 0) is 39.0 Å². The van der Waals surface area contributed by atoms with Crippen molar-refractivity contribution in [3.05, 3.63) is 41.7 Å². The maximum absolute atomic E-state index is 12.0. The third kappa shape index (κ3) is 5.14. The number of carbonyl (C=O) groups excluding carboxylic acids is 2. The molecule has 0 aliphatic carbocycles. The van der Waals surface area contributed by atoms with Gasteiger partial charge in [-0.15, -0.1) is 0 Å². The van der Waals surface area contributed by atoms with Crippen LogP contribution in [0.3, 0.4) is 0 Å². The molecule has 0 unspecified atom stereocenters. The van der Waals surface area contributed by atoms with Crippen LogP contribution in [0.4, 0.5) is 11.5 Å². The molecule has 0 aliphatic rings. The predicted octanol–water partition coefficient (Wildman–Crippen LogP) is 2.17. The predicted molar refractivity (Wildman–Crippen MR) is 87.4 cm³/mol. The number of aromatic nitrogens is 1. The first-order valence-corrected chi connectivity index (χ1v) is 7.32. The SMILES string of the molecule is Cc1cc(NC(=O)CNc2cccc(C(=O)NC(C)C)c2)no1. The molecule has 0 saturated carbocycles. The van der Waals surface area contributed by atoms with Gasteiger partial charge in [0.15, 0.2) is 5.82 Å². The Kier molecular flexibility index (Phi) is 5.35. The quantitative estimate of drug-likeness (QED) is 0.759. The van der Waals surface area contributed by atoms with Crippen molar-refractivity contribution in [2.24, 2.45) is 0 Å². The van der Waals surface area contributed by atoms with E-state index < -0.39 is 0 Å². The highest BCUT2D eigenvalue weighted by atomic mass is 16.5. The Hall–Kier alpha value is -2.83. The molecule has 0 radical (unpaired) electrons.